The lowest BCUT2D eigenvalue weighted by molar-refractivity contribution is -0.00120. The van der Waals surface area contributed by atoms with Gasteiger partial charge in [-0.1, -0.05) is 91.0 Å². The van der Waals surface area contributed by atoms with E-state index < -0.39 is 13.4 Å². The Labute approximate surface area is 267 Å². The van der Waals surface area contributed by atoms with E-state index in [9.17, 15) is 9.36 Å². The molecular weight excluding hydrogens is 601 g/mol. The lowest BCUT2D eigenvalue weighted by Crippen LogP contribution is -2.32. The van der Waals surface area contributed by atoms with Crippen molar-refractivity contribution in [1.82, 2.24) is 14.5 Å². The van der Waals surface area contributed by atoms with Crippen LogP contribution in [0.25, 0.3) is 27.8 Å². The summed E-state index contributed by atoms with van der Waals surface area (Å²) in [5.74, 6) is 0.574. The maximum absolute atomic E-state index is 13.9. The third-order valence-corrected chi connectivity index (χ3v) is 8.81. The molecule has 0 aliphatic rings. The second-order valence-corrected chi connectivity index (χ2v) is 12.9. The van der Waals surface area contributed by atoms with E-state index in [-0.39, 0.29) is 25.4 Å². The molecule has 0 atom stereocenters. The molecule has 0 bridgehead atoms. The van der Waals surface area contributed by atoms with Crippen molar-refractivity contribution in [2.45, 2.75) is 32.7 Å². The highest BCUT2D eigenvalue weighted by atomic mass is 31.2. The number of fused-ring (bicyclic) bond motifs is 1. The minimum absolute atomic E-state index is 0.0599. The minimum atomic E-state index is -4.01. The minimum Gasteiger partial charge on any atom is -0.491 e. The van der Waals surface area contributed by atoms with E-state index in [0.717, 1.165) is 27.9 Å². The third-order valence-electron chi connectivity index (χ3n) is 7.20. The molecule has 6 rings (SSSR count). The molecular formula is C36H34N3O6P. The van der Waals surface area contributed by atoms with Crippen LogP contribution in [0.1, 0.15) is 25.0 Å². The predicted octanol–water partition coefficient (Wildman–Crippen LogP) is 8.10. The molecule has 0 aliphatic heterocycles. The molecule has 9 nitrogen and oxygen atoms in total. The van der Waals surface area contributed by atoms with Crippen molar-refractivity contribution >= 4 is 18.9 Å². The maximum atomic E-state index is 13.9. The van der Waals surface area contributed by atoms with Crippen LogP contribution in [0.5, 0.6) is 5.75 Å². The Bertz CT molecular complexity index is 1950. The fraction of sp³-hybridized carbons (Fsp3) is 0.167. The van der Waals surface area contributed by atoms with Gasteiger partial charge < -0.3 is 14.3 Å². The van der Waals surface area contributed by atoms with Crippen molar-refractivity contribution < 1.29 is 22.9 Å². The molecule has 4 aromatic carbocycles. The summed E-state index contributed by atoms with van der Waals surface area (Å²) in [4.78, 5) is 20.0. The number of hydrogen-bond acceptors (Lipinski definition) is 7. The van der Waals surface area contributed by atoms with Gasteiger partial charge in [0.25, 0.3) is 5.56 Å². The number of ether oxygens (including phenoxy) is 1. The second-order valence-electron chi connectivity index (χ2n) is 11.3. The molecule has 10 heteroatoms. The summed E-state index contributed by atoms with van der Waals surface area (Å²) in [5, 5.41) is 0.497. The number of aromatic nitrogens is 3. The van der Waals surface area contributed by atoms with Crippen molar-refractivity contribution in [2.75, 3.05) is 6.61 Å². The van der Waals surface area contributed by atoms with E-state index in [1.807, 2.05) is 126 Å². The normalized spacial score (nSPS) is 12.0. The van der Waals surface area contributed by atoms with Gasteiger partial charge in [0.15, 0.2) is 5.65 Å². The van der Waals surface area contributed by atoms with Gasteiger partial charge in [0.2, 0.25) is 0 Å². The van der Waals surface area contributed by atoms with Crippen molar-refractivity contribution in [2.24, 2.45) is 0 Å². The summed E-state index contributed by atoms with van der Waals surface area (Å²) in [6.07, 6.45) is 3.32. The van der Waals surface area contributed by atoms with Gasteiger partial charge in [0, 0.05) is 17.4 Å². The van der Waals surface area contributed by atoms with Crippen LogP contribution in [0.2, 0.25) is 0 Å². The zero-order valence-corrected chi connectivity index (χ0v) is 26.4. The smallest absolute Gasteiger partial charge is 0.476 e. The average Bonchev–Trinajstić information content (AvgIpc) is 3.48. The van der Waals surface area contributed by atoms with Crippen LogP contribution in [0.15, 0.2) is 133 Å². The van der Waals surface area contributed by atoms with Crippen LogP contribution < -0.4 is 10.3 Å². The molecule has 0 aliphatic carbocycles. The number of H-pyrrole nitrogens is 1. The summed E-state index contributed by atoms with van der Waals surface area (Å²) >= 11 is 0. The Balaban J connectivity index is 1.16. The van der Waals surface area contributed by atoms with Gasteiger partial charge in [-0.05, 0) is 54.8 Å². The van der Waals surface area contributed by atoms with E-state index in [0.29, 0.717) is 16.8 Å². The Morgan fingerprint density at radius 1 is 0.783 bits per heavy atom. The van der Waals surface area contributed by atoms with Crippen LogP contribution >= 0.6 is 7.82 Å². The quantitative estimate of drug-likeness (QED) is 0.128. The van der Waals surface area contributed by atoms with Crippen LogP contribution in [0, 0.1) is 0 Å². The lowest BCUT2D eigenvalue weighted by Gasteiger charge is -2.29. The van der Waals surface area contributed by atoms with Gasteiger partial charge in [-0.25, -0.2) is 9.55 Å². The number of hydrogen-bond donors (Lipinski definition) is 1. The molecule has 6 aromatic rings. The summed E-state index contributed by atoms with van der Waals surface area (Å²) < 4.78 is 39.5. The fourth-order valence-corrected chi connectivity index (χ4v) is 6.39. The van der Waals surface area contributed by atoms with E-state index >= 15 is 0 Å². The van der Waals surface area contributed by atoms with Crippen molar-refractivity contribution in [3.05, 3.63) is 149 Å². The van der Waals surface area contributed by atoms with Gasteiger partial charge in [-0.2, -0.15) is 0 Å². The molecule has 1 N–H and O–H groups in total. The second kappa shape index (κ2) is 13.7. The standard InChI is InChI=1S/C36H34N3O6P/c1-36(2,45-46(41,43-23-27-12-6-3-7-13-27)44-24-28-14-8-4-9-15-28)25-42-31-20-18-29(19-21-31)32-22-39(30-16-10-5-11-17-30)34-33(32)35(40)38-26-37-34/h3-22,26H,23-25H2,1-2H3,(H,37,38,40). The first-order valence-electron chi connectivity index (χ1n) is 14.8. The highest BCUT2D eigenvalue weighted by molar-refractivity contribution is 7.48. The summed E-state index contributed by atoms with van der Waals surface area (Å²) in [6, 6.07) is 36.0. The third kappa shape index (κ3) is 7.53. The predicted molar refractivity (Wildman–Crippen MR) is 178 cm³/mol. The lowest BCUT2D eigenvalue weighted by atomic mass is 10.1. The number of phosphoric ester groups is 1. The monoisotopic (exact) mass is 635 g/mol. The first-order chi connectivity index (χ1) is 22.3. The van der Waals surface area contributed by atoms with E-state index in [4.69, 9.17) is 18.3 Å². The zero-order chi connectivity index (χ0) is 32.0. The number of benzene rings is 4. The molecule has 2 aromatic heterocycles. The molecule has 234 valence electrons. The van der Waals surface area contributed by atoms with Crippen molar-refractivity contribution in [3.8, 4) is 22.6 Å². The average molecular weight is 636 g/mol. The number of nitrogens with one attached hydrogen (secondary N) is 1. The first kappa shape index (κ1) is 31.2. The molecule has 2 heterocycles. The van der Waals surface area contributed by atoms with Crippen LogP contribution in [0.4, 0.5) is 0 Å². The largest absolute Gasteiger partial charge is 0.491 e. The Kier molecular flexibility index (Phi) is 9.28. The summed E-state index contributed by atoms with van der Waals surface area (Å²) in [7, 11) is -4.01. The molecule has 0 fully saturated rings. The van der Waals surface area contributed by atoms with E-state index in [2.05, 4.69) is 9.97 Å². The first-order valence-corrected chi connectivity index (χ1v) is 16.3. The Morgan fingerprint density at radius 3 is 1.93 bits per heavy atom. The number of aromatic amines is 1. The van der Waals surface area contributed by atoms with Crippen LogP contribution in [0.3, 0.4) is 0 Å². The zero-order valence-electron chi connectivity index (χ0n) is 25.5. The van der Waals surface area contributed by atoms with Gasteiger partial charge in [-0.15, -0.1) is 0 Å². The van der Waals surface area contributed by atoms with Gasteiger partial charge in [0.1, 0.15) is 18.0 Å². The molecule has 46 heavy (non-hydrogen) atoms. The molecule has 0 saturated heterocycles. The molecule has 0 amide bonds. The Morgan fingerprint density at radius 2 is 1.35 bits per heavy atom. The van der Waals surface area contributed by atoms with Crippen LogP contribution in [-0.2, 0) is 31.4 Å². The van der Waals surface area contributed by atoms with Gasteiger partial charge >= 0.3 is 7.82 Å². The fourth-order valence-electron chi connectivity index (χ4n) is 4.94. The highest BCUT2D eigenvalue weighted by Gasteiger charge is 2.36. The van der Waals surface area contributed by atoms with E-state index in [1.54, 1.807) is 13.8 Å². The molecule has 0 unspecified atom stereocenters. The van der Waals surface area contributed by atoms with Crippen LogP contribution in [-0.4, -0.2) is 26.7 Å². The number of nitrogens with zero attached hydrogens (tertiary/aromatic N) is 2. The van der Waals surface area contributed by atoms with Gasteiger partial charge in [0.05, 0.1) is 24.9 Å². The molecule has 0 spiro atoms. The van der Waals surface area contributed by atoms with E-state index in [1.165, 1.54) is 6.33 Å². The van der Waals surface area contributed by atoms with Crippen molar-refractivity contribution in [1.29, 1.82) is 0 Å². The van der Waals surface area contributed by atoms with Gasteiger partial charge in [-0.3, -0.25) is 18.4 Å². The van der Waals surface area contributed by atoms with Crippen molar-refractivity contribution in [3.63, 3.8) is 0 Å². The molecule has 0 radical (unpaired) electrons. The topological polar surface area (TPSA) is 105 Å². The highest BCUT2D eigenvalue weighted by Crippen LogP contribution is 2.54. The summed E-state index contributed by atoms with van der Waals surface area (Å²) in [5.41, 5.74) is 3.46. The maximum Gasteiger partial charge on any atom is 0.476 e. The number of para-hydroxylation sites is 1. The number of rotatable bonds is 13. The summed E-state index contributed by atoms with van der Waals surface area (Å²) in [6.45, 7) is 3.72. The Hall–Kier alpha value is -4.79. The SMILES string of the molecule is CC(C)(COc1ccc(-c2cn(-c3ccccc3)c3nc[nH]c(=O)c23)cc1)OP(=O)(OCc1ccccc1)OCc1ccccc1. The number of phosphoric acid groups is 1. The molecule has 0 saturated carbocycles.